The Balaban J connectivity index is 2.53. The number of aliphatic carboxylic acids is 1. The van der Waals surface area contributed by atoms with Gasteiger partial charge < -0.3 is 15.7 Å². The van der Waals surface area contributed by atoms with Gasteiger partial charge in [-0.2, -0.15) is 0 Å². The lowest BCUT2D eigenvalue weighted by molar-refractivity contribution is -0.149. The number of nitrogens with one attached hydrogen (secondary N) is 2. The number of carbonyl (C=O) groups excluding carboxylic acids is 1. The highest BCUT2D eigenvalue weighted by molar-refractivity contribution is 5.88. The molecule has 0 aromatic heterocycles. The molecule has 3 N–H and O–H groups in total. The maximum Gasteiger partial charge on any atom is 0.329 e. The number of carboxylic acid groups (broad SMARTS) is 1. The molecule has 110 valence electrons. The van der Waals surface area contributed by atoms with Crippen LogP contribution in [-0.4, -0.2) is 35.6 Å². The summed E-state index contributed by atoms with van der Waals surface area (Å²) in [5.41, 5.74) is -1.04. The van der Waals surface area contributed by atoms with Crippen LogP contribution in [0.25, 0.3) is 0 Å². The van der Waals surface area contributed by atoms with E-state index in [0.717, 1.165) is 32.2 Å². The predicted molar refractivity (Wildman–Crippen MR) is 73.9 cm³/mol. The van der Waals surface area contributed by atoms with Gasteiger partial charge >= 0.3 is 5.97 Å². The topological polar surface area (TPSA) is 78.4 Å². The van der Waals surface area contributed by atoms with Crippen molar-refractivity contribution in [3.63, 3.8) is 0 Å². The summed E-state index contributed by atoms with van der Waals surface area (Å²) in [5.74, 6) is -0.515. The van der Waals surface area contributed by atoms with Crippen LogP contribution in [0.1, 0.15) is 52.4 Å². The van der Waals surface area contributed by atoms with Crippen LogP contribution in [-0.2, 0) is 9.59 Å². The highest BCUT2D eigenvalue weighted by Gasteiger charge is 2.42. The molecule has 0 spiro atoms. The highest BCUT2D eigenvalue weighted by Crippen LogP contribution is 2.33. The Morgan fingerprint density at radius 3 is 2.37 bits per heavy atom. The molecule has 0 heterocycles. The van der Waals surface area contributed by atoms with Crippen LogP contribution in [0.15, 0.2) is 0 Å². The van der Waals surface area contributed by atoms with E-state index < -0.39 is 11.5 Å². The van der Waals surface area contributed by atoms with Gasteiger partial charge in [0.2, 0.25) is 5.91 Å². The van der Waals surface area contributed by atoms with Gasteiger partial charge in [-0.05, 0) is 44.6 Å². The van der Waals surface area contributed by atoms with Gasteiger partial charge in [0, 0.05) is 0 Å². The van der Waals surface area contributed by atoms with E-state index in [1.165, 1.54) is 0 Å². The molecule has 1 aliphatic carbocycles. The van der Waals surface area contributed by atoms with E-state index in [9.17, 15) is 14.7 Å². The number of carbonyl (C=O) groups is 2. The smallest absolute Gasteiger partial charge is 0.329 e. The van der Waals surface area contributed by atoms with Gasteiger partial charge in [-0.25, -0.2) is 4.79 Å². The van der Waals surface area contributed by atoms with Crippen LogP contribution in [0.2, 0.25) is 0 Å². The van der Waals surface area contributed by atoms with Crippen molar-refractivity contribution in [2.45, 2.75) is 57.9 Å². The molecule has 1 aliphatic rings. The molecule has 5 nitrogen and oxygen atoms in total. The third-order valence-electron chi connectivity index (χ3n) is 4.04. The minimum Gasteiger partial charge on any atom is -0.480 e. The molecule has 1 fully saturated rings. The van der Waals surface area contributed by atoms with Crippen molar-refractivity contribution in [1.82, 2.24) is 10.6 Å². The molecule has 0 aromatic carbocycles. The maximum atomic E-state index is 11.8. The van der Waals surface area contributed by atoms with E-state index >= 15 is 0 Å². The van der Waals surface area contributed by atoms with Gasteiger partial charge in [0.1, 0.15) is 5.54 Å². The molecule has 0 radical (unpaired) electrons. The number of amides is 1. The molecule has 0 aromatic rings. The average Bonchev–Trinajstić information content (AvgIpc) is 2.39. The monoisotopic (exact) mass is 270 g/mol. The summed E-state index contributed by atoms with van der Waals surface area (Å²) in [7, 11) is 0. The molecule has 1 amide bonds. The van der Waals surface area contributed by atoms with E-state index in [4.69, 9.17) is 0 Å². The standard InChI is InChI=1S/C14H26N2O3/c1-3-9-15-10-12(17)16-14(13(18)19)7-5-11(4-2)6-8-14/h11,15H,3-10H2,1-2H3,(H,16,17)(H,18,19). The largest absolute Gasteiger partial charge is 0.480 e. The molecule has 0 atom stereocenters. The summed E-state index contributed by atoms with van der Waals surface area (Å²) in [6.07, 6.45) is 4.88. The van der Waals surface area contributed by atoms with Crippen LogP contribution < -0.4 is 10.6 Å². The van der Waals surface area contributed by atoms with Crippen LogP contribution in [0.4, 0.5) is 0 Å². The van der Waals surface area contributed by atoms with E-state index in [-0.39, 0.29) is 12.5 Å². The minimum atomic E-state index is -1.04. The van der Waals surface area contributed by atoms with Gasteiger partial charge in [-0.3, -0.25) is 4.79 Å². The van der Waals surface area contributed by atoms with Crippen LogP contribution in [0.5, 0.6) is 0 Å². The summed E-state index contributed by atoms with van der Waals surface area (Å²) in [4.78, 5) is 23.3. The van der Waals surface area contributed by atoms with E-state index in [1.807, 2.05) is 6.92 Å². The van der Waals surface area contributed by atoms with Crippen molar-refractivity contribution in [3.8, 4) is 0 Å². The molecule has 5 heteroatoms. The third-order valence-corrected chi connectivity index (χ3v) is 4.04. The van der Waals surface area contributed by atoms with E-state index in [0.29, 0.717) is 18.8 Å². The Kier molecular flexibility index (Phi) is 6.28. The van der Waals surface area contributed by atoms with Crippen molar-refractivity contribution >= 4 is 11.9 Å². The Morgan fingerprint density at radius 2 is 1.89 bits per heavy atom. The van der Waals surface area contributed by atoms with Crippen molar-refractivity contribution in [3.05, 3.63) is 0 Å². The normalized spacial score (nSPS) is 26.9. The van der Waals surface area contributed by atoms with Crippen molar-refractivity contribution < 1.29 is 14.7 Å². The fraction of sp³-hybridized carbons (Fsp3) is 0.857. The number of carboxylic acids is 1. The molecule has 0 saturated heterocycles. The van der Waals surface area contributed by atoms with Gasteiger partial charge in [-0.15, -0.1) is 0 Å². The predicted octanol–water partition coefficient (Wildman–Crippen LogP) is 1.53. The summed E-state index contributed by atoms with van der Waals surface area (Å²) in [5, 5.41) is 15.2. The summed E-state index contributed by atoms with van der Waals surface area (Å²) in [6.45, 7) is 5.12. The zero-order valence-electron chi connectivity index (χ0n) is 12.0. The Hall–Kier alpha value is -1.10. The summed E-state index contributed by atoms with van der Waals surface area (Å²) >= 11 is 0. The van der Waals surface area contributed by atoms with E-state index in [1.54, 1.807) is 0 Å². The molecule has 1 saturated carbocycles. The third kappa shape index (κ3) is 4.49. The van der Waals surface area contributed by atoms with Gasteiger partial charge in [0.15, 0.2) is 0 Å². The SMILES string of the molecule is CCCNCC(=O)NC1(C(=O)O)CCC(CC)CC1. The fourth-order valence-electron chi connectivity index (χ4n) is 2.66. The second-order valence-electron chi connectivity index (χ2n) is 5.46. The Labute approximate surface area is 115 Å². The van der Waals surface area contributed by atoms with Gasteiger partial charge in [-0.1, -0.05) is 20.3 Å². The van der Waals surface area contributed by atoms with Crippen molar-refractivity contribution in [2.24, 2.45) is 5.92 Å². The number of rotatable bonds is 7. The lowest BCUT2D eigenvalue weighted by Crippen LogP contribution is -2.57. The second-order valence-corrected chi connectivity index (χ2v) is 5.46. The number of hydrogen-bond acceptors (Lipinski definition) is 3. The lowest BCUT2D eigenvalue weighted by Gasteiger charge is -2.37. The van der Waals surface area contributed by atoms with Crippen molar-refractivity contribution in [1.29, 1.82) is 0 Å². The fourth-order valence-corrected chi connectivity index (χ4v) is 2.66. The van der Waals surface area contributed by atoms with Crippen molar-refractivity contribution in [2.75, 3.05) is 13.1 Å². The lowest BCUT2D eigenvalue weighted by atomic mass is 9.75. The molecule has 0 unspecified atom stereocenters. The molecule has 0 bridgehead atoms. The molecule has 19 heavy (non-hydrogen) atoms. The van der Waals surface area contributed by atoms with Crippen LogP contribution in [0, 0.1) is 5.92 Å². The summed E-state index contributed by atoms with van der Waals surface area (Å²) in [6, 6.07) is 0. The van der Waals surface area contributed by atoms with Crippen LogP contribution in [0.3, 0.4) is 0 Å². The van der Waals surface area contributed by atoms with Crippen LogP contribution >= 0.6 is 0 Å². The first kappa shape index (κ1) is 16.0. The molecular formula is C14H26N2O3. The number of hydrogen-bond donors (Lipinski definition) is 3. The molecule has 0 aliphatic heterocycles. The first-order valence-electron chi connectivity index (χ1n) is 7.29. The Morgan fingerprint density at radius 1 is 1.26 bits per heavy atom. The second kappa shape index (κ2) is 7.48. The Bertz CT molecular complexity index is 310. The maximum absolute atomic E-state index is 11.8. The van der Waals surface area contributed by atoms with Gasteiger partial charge in [0.25, 0.3) is 0 Å². The zero-order chi connectivity index (χ0) is 14.3. The van der Waals surface area contributed by atoms with E-state index in [2.05, 4.69) is 17.6 Å². The average molecular weight is 270 g/mol. The quantitative estimate of drug-likeness (QED) is 0.613. The highest BCUT2D eigenvalue weighted by atomic mass is 16.4. The first-order valence-corrected chi connectivity index (χ1v) is 7.29. The minimum absolute atomic E-state index is 0.195. The molecule has 1 rings (SSSR count). The summed E-state index contributed by atoms with van der Waals surface area (Å²) < 4.78 is 0. The first-order chi connectivity index (χ1) is 9.04. The zero-order valence-corrected chi connectivity index (χ0v) is 12.0. The van der Waals surface area contributed by atoms with Gasteiger partial charge in [0.05, 0.1) is 6.54 Å². The molecular weight excluding hydrogens is 244 g/mol.